The zero-order valence-corrected chi connectivity index (χ0v) is 12.4. The first kappa shape index (κ1) is 12.9. The minimum Gasteiger partial charge on any atom is -0.368 e. The molecule has 3 aromatic rings. The number of rotatable bonds is 2. The predicted molar refractivity (Wildman–Crippen MR) is 82.1 cm³/mol. The van der Waals surface area contributed by atoms with Crippen LogP contribution in [-0.2, 0) is 6.42 Å². The van der Waals surface area contributed by atoms with E-state index in [1.807, 2.05) is 37.3 Å². The second-order valence-corrected chi connectivity index (χ2v) is 5.15. The molecule has 0 atom stereocenters. The van der Waals surface area contributed by atoms with E-state index in [0.29, 0.717) is 23.8 Å². The molecule has 0 radical (unpaired) electrons. The molecular formula is C14H12BrN5. The third-order valence-electron chi connectivity index (χ3n) is 2.90. The Hall–Kier alpha value is -2.08. The number of hydrogen-bond donors (Lipinski definition) is 1. The number of nitrogens with two attached hydrogens (primary N) is 1. The molecule has 0 saturated carbocycles. The Morgan fingerprint density at radius 2 is 1.90 bits per heavy atom. The van der Waals surface area contributed by atoms with Gasteiger partial charge in [0.25, 0.3) is 0 Å². The third kappa shape index (κ3) is 2.34. The minimum atomic E-state index is 0.216. The monoisotopic (exact) mass is 329 g/mol. The fraction of sp³-hybridized carbons (Fsp3) is 0.143. The Morgan fingerprint density at radius 3 is 2.70 bits per heavy atom. The molecule has 0 fully saturated rings. The minimum absolute atomic E-state index is 0.216. The van der Waals surface area contributed by atoms with Gasteiger partial charge in [0.05, 0.1) is 5.52 Å². The van der Waals surface area contributed by atoms with Gasteiger partial charge in [0.1, 0.15) is 11.5 Å². The number of nitrogens with zero attached hydrogens (tertiary/aromatic N) is 4. The van der Waals surface area contributed by atoms with Gasteiger partial charge in [-0.3, -0.25) is 0 Å². The summed E-state index contributed by atoms with van der Waals surface area (Å²) in [7, 11) is 0. The van der Waals surface area contributed by atoms with Crippen molar-refractivity contribution in [1.82, 2.24) is 19.9 Å². The summed E-state index contributed by atoms with van der Waals surface area (Å²) in [6.07, 6.45) is 0.699. The molecule has 2 heterocycles. The molecule has 0 bridgehead atoms. The Morgan fingerprint density at radius 1 is 1.10 bits per heavy atom. The number of fused-ring (bicyclic) bond motifs is 1. The van der Waals surface area contributed by atoms with Crippen molar-refractivity contribution in [2.24, 2.45) is 0 Å². The lowest BCUT2D eigenvalue weighted by molar-refractivity contribution is 0.909. The normalized spacial score (nSPS) is 10.9. The van der Waals surface area contributed by atoms with Gasteiger partial charge in [-0.25, -0.2) is 9.97 Å². The van der Waals surface area contributed by atoms with Crippen molar-refractivity contribution in [3.63, 3.8) is 0 Å². The van der Waals surface area contributed by atoms with Gasteiger partial charge in [-0.05, 0) is 28.1 Å². The van der Waals surface area contributed by atoms with Crippen LogP contribution < -0.4 is 5.73 Å². The molecule has 3 rings (SSSR count). The highest BCUT2D eigenvalue weighted by molar-refractivity contribution is 9.10. The molecule has 0 saturated heterocycles. The first-order valence-corrected chi connectivity index (χ1v) is 7.02. The van der Waals surface area contributed by atoms with Crippen LogP contribution in [0.25, 0.3) is 22.4 Å². The van der Waals surface area contributed by atoms with Gasteiger partial charge in [-0.1, -0.05) is 25.1 Å². The first-order valence-electron chi connectivity index (χ1n) is 6.23. The molecular weight excluding hydrogens is 318 g/mol. The van der Waals surface area contributed by atoms with E-state index in [4.69, 9.17) is 5.73 Å². The average Bonchev–Trinajstić information content (AvgIpc) is 2.45. The SMILES string of the molecule is CCc1nc(N)nc(-c2nc3ccccc3cc2Br)n1. The number of aromatic nitrogens is 4. The molecule has 0 unspecified atom stereocenters. The van der Waals surface area contributed by atoms with Gasteiger partial charge in [-0.15, -0.1) is 0 Å². The van der Waals surface area contributed by atoms with Crippen LogP contribution in [0.5, 0.6) is 0 Å². The van der Waals surface area contributed by atoms with Crippen molar-refractivity contribution in [3.05, 3.63) is 40.6 Å². The maximum atomic E-state index is 5.73. The summed E-state index contributed by atoms with van der Waals surface area (Å²) in [4.78, 5) is 17.3. The lowest BCUT2D eigenvalue weighted by Gasteiger charge is -2.06. The number of aryl methyl sites for hydroxylation is 1. The lowest BCUT2D eigenvalue weighted by Crippen LogP contribution is -2.05. The summed E-state index contributed by atoms with van der Waals surface area (Å²) in [6.45, 7) is 1.97. The lowest BCUT2D eigenvalue weighted by atomic mass is 10.2. The molecule has 6 heteroatoms. The Bertz CT molecular complexity index is 788. The number of para-hydroxylation sites is 1. The van der Waals surface area contributed by atoms with Crippen LogP contribution in [-0.4, -0.2) is 19.9 Å². The maximum Gasteiger partial charge on any atom is 0.223 e. The van der Waals surface area contributed by atoms with Gasteiger partial charge in [-0.2, -0.15) is 9.97 Å². The number of halogens is 1. The largest absolute Gasteiger partial charge is 0.368 e. The summed E-state index contributed by atoms with van der Waals surface area (Å²) in [6, 6.07) is 9.90. The fourth-order valence-corrected chi connectivity index (χ4v) is 2.46. The van der Waals surface area contributed by atoms with E-state index in [-0.39, 0.29) is 5.95 Å². The topological polar surface area (TPSA) is 77.6 Å². The van der Waals surface area contributed by atoms with E-state index in [9.17, 15) is 0 Å². The second-order valence-electron chi connectivity index (χ2n) is 4.30. The van der Waals surface area contributed by atoms with Crippen LogP contribution in [0.15, 0.2) is 34.8 Å². The molecule has 20 heavy (non-hydrogen) atoms. The molecule has 0 spiro atoms. The van der Waals surface area contributed by atoms with Gasteiger partial charge < -0.3 is 5.73 Å². The van der Waals surface area contributed by atoms with Crippen molar-refractivity contribution in [2.75, 3.05) is 5.73 Å². The van der Waals surface area contributed by atoms with Gasteiger partial charge in [0.2, 0.25) is 5.95 Å². The van der Waals surface area contributed by atoms with E-state index >= 15 is 0 Å². The summed E-state index contributed by atoms with van der Waals surface area (Å²) in [5.74, 6) is 1.37. The predicted octanol–water partition coefficient (Wildman–Crippen LogP) is 2.99. The highest BCUT2D eigenvalue weighted by atomic mass is 79.9. The summed E-state index contributed by atoms with van der Waals surface area (Å²) < 4.78 is 0.837. The van der Waals surface area contributed by atoms with Crippen LogP contribution in [0.2, 0.25) is 0 Å². The smallest absolute Gasteiger partial charge is 0.223 e. The van der Waals surface area contributed by atoms with Crippen LogP contribution in [0.1, 0.15) is 12.7 Å². The van der Waals surface area contributed by atoms with Gasteiger partial charge in [0.15, 0.2) is 5.82 Å². The van der Waals surface area contributed by atoms with E-state index in [0.717, 1.165) is 15.4 Å². The van der Waals surface area contributed by atoms with Crippen LogP contribution in [0.3, 0.4) is 0 Å². The van der Waals surface area contributed by atoms with Crippen molar-refractivity contribution >= 4 is 32.8 Å². The van der Waals surface area contributed by atoms with Crippen LogP contribution >= 0.6 is 15.9 Å². The van der Waals surface area contributed by atoms with Crippen LogP contribution in [0, 0.1) is 0 Å². The van der Waals surface area contributed by atoms with Crippen LogP contribution in [0.4, 0.5) is 5.95 Å². The Kier molecular flexibility index (Phi) is 3.31. The Balaban J connectivity index is 2.23. The molecule has 0 aliphatic heterocycles. The highest BCUT2D eigenvalue weighted by Crippen LogP contribution is 2.27. The molecule has 0 aliphatic carbocycles. The van der Waals surface area contributed by atoms with E-state index in [1.54, 1.807) is 0 Å². The highest BCUT2D eigenvalue weighted by Gasteiger charge is 2.12. The van der Waals surface area contributed by atoms with Gasteiger partial charge in [0, 0.05) is 16.3 Å². The summed E-state index contributed by atoms with van der Waals surface area (Å²) in [5, 5.41) is 1.06. The van der Waals surface area contributed by atoms with Crippen molar-refractivity contribution < 1.29 is 0 Å². The molecule has 5 nitrogen and oxygen atoms in total. The van der Waals surface area contributed by atoms with Crippen molar-refractivity contribution in [2.45, 2.75) is 13.3 Å². The second kappa shape index (κ2) is 5.13. The van der Waals surface area contributed by atoms with E-state index in [2.05, 4.69) is 35.9 Å². The molecule has 1 aromatic carbocycles. The van der Waals surface area contributed by atoms with Crippen molar-refractivity contribution in [3.8, 4) is 11.5 Å². The quantitative estimate of drug-likeness (QED) is 0.781. The molecule has 0 aliphatic rings. The standard InChI is InChI=1S/C14H12BrN5/c1-2-11-18-13(20-14(16)19-11)12-9(15)7-8-5-3-4-6-10(8)17-12/h3-7H,2H2,1H3,(H2,16,18,19,20). The maximum absolute atomic E-state index is 5.73. The number of anilines is 1. The molecule has 2 N–H and O–H groups in total. The number of hydrogen-bond acceptors (Lipinski definition) is 5. The van der Waals surface area contributed by atoms with E-state index in [1.165, 1.54) is 0 Å². The summed E-state index contributed by atoms with van der Waals surface area (Å²) in [5.41, 5.74) is 7.29. The number of pyridine rings is 1. The van der Waals surface area contributed by atoms with Crippen molar-refractivity contribution in [1.29, 1.82) is 0 Å². The first-order chi connectivity index (χ1) is 9.67. The number of nitrogen functional groups attached to an aromatic ring is 1. The fourth-order valence-electron chi connectivity index (χ4n) is 1.95. The third-order valence-corrected chi connectivity index (χ3v) is 3.51. The zero-order valence-electron chi connectivity index (χ0n) is 10.8. The van der Waals surface area contributed by atoms with E-state index < -0.39 is 0 Å². The average molecular weight is 330 g/mol. The molecule has 2 aromatic heterocycles. The Labute approximate surface area is 124 Å². The number of benzene rings is 1. The zero-order chi connectivity index (χ0) is 14.1. The summed E-state index contributed by atoms with van der Waals surface area (Å²) >= 11 is 3.52. The molecule has 0 amide bonds. The van der Waals surface area contributed by atoms with Gasteiger partial charge >= 0.3 is 0 Å². The molecule has 100 valence electrons.